The first-order valence-corrected chi connectivity index (χ1v) is 10.0. The van der Waals surface area contributed by atoms with Gasteiger partial charge in [-0.1, -0.05) is 66.2 Å². The predicted octanol–water partition coefficient (Wildman–Crippen LogP) is 6.59. The molecule has 0 saturated heterocycles. The molecule has 146 valence electrons. The van der Waals surface area contributed by atoms with Gasteiger partial charge in [-0.05, 0) is 53.9 Å². The number of pyridine rings is 1. The van der Waals surface area contributed by atoms with Crippen LogP contribution >= 0.6 is 11.6 Å². The molecule has 0 unspecified atom stereocenters. The van der Waals surface area contributed by atoms with Crippen molar-refractivity contribution in [2.24, 2.45) is 0 Å². The molecule has 4 heteroatoms. The van der Waals surface area contributed by atoms with E-state index in [0.29, 0.717) is 23.6 Å². The maximum Gasteiger partial charge on any atom is 0.130 e. The van der Waals surface area contributed by atoms with Gasteiger partial charge in [0, 0.05) is 10.4 Å². The van der Waals surface area contributed by atoms with Gasteiger partial charge in [-0.3, -0.25) is 0 Å². The number of rotatable bonds is 6. The van der Waals surface area contributed by atoms with Gasteiger partial charge >= 0.3 is 0 Å². The Morgan fingerprint density at radius 3 is 2.73 bits per heavy atom. The minimum atomic E-state index is 0.380. The van der Waals surface area contributed by atoms with E-state index in [1.165, 1.54) is 0 Å². The van der Waals surface area contributed by atoms with Crippen molar-refractivity contribution in [3.63, 3.8) is 0 Å². The Bertz CT molecular complexity index is 1260. The van der Waals surface area contributed by atoms with Crippen molar-refractivity contribution in [3.05, 3.63) is 112 Å². The summed E-state index contributed by atoms with van der Waals surface area (Å²) in [5, 5.41) is 10.9. The van der Waals surface area contributed by atoms with Gasteiger partial charge < -0.3 is 4.74 Å². The van der Waals surface area contributed by atoms with Crippen LogP contribution in [-0.4, -0.2) is 4.98 Å². The molecule has 0 amide bonds. The summed E-state index contributed by atoms with van der Waals surface area (Å²) in [6.07, 6.45) is 4.81. The Labute approximate surface area is 180 Å². The number of halogens is 1. The lowest BCUT2D eigenvalue weighted by atomic mass is 10.0. The van der Waals surface area contributed by atoms with Gasteiger partial charge in [-0.2, -0.15) is 5.26 Å². The fourth-order valence-electron chi connectivity index (χ4n) is 3.21. The lowest BCUT2D eigenvalue weighted by Gasteiger charge is -2.08. The zero-order chi connectivity index (χ0) is 20.8. The van der Waals surface area contributed by atoms with Crippen molar-refractivity contribution in [1.29, 1.82) is 5.26 Å². The van der Waals surface area contributed by atoms with E-state index in [2.05, 4.69) is 17.1 Å². The van der Waals surface area contributed by atoms with E-state index in [1.54, 1.807) is 0 Å². The molecular formula is C26H19ClN2O. The third kappa shape index (κ3) is 4.86. The molecule has 0 aliphatic carbocycles. The summed E-state index contributed by atoms with van der Waals surface area (Å²) in [5.41, 5.74) is 4.48. The first-order chi connectivity index (χ1) is 14.7. The van der Waals surface area contributed by atoms with Gasteiger partial charge in [-0.15, -0.1) is 0 Å². The zero-order valence-electron chi connectivity index (χ0n) is 16.3. The smallest absolute Gasteiger partial charge is 0.130 e. The maximum atomic E-state index is 9.19. The van der Waals surface area contributed by atoms with E-state index in [0.717, 1.165) is 33.5 Å². The molecule has 0 aliphatic heterocycles. The van der Waals surface area contributed by atoms with Crippen LogP contribution in [0.25, 0.3) is 17.0 Å². The highest BCUT2D eigenvalue weighted by molar-refractivity contribution is 6.31. The molecule has 0 bridgehead atoms. The fourth-order valence-corrected chi connectivity index (χ4v) is 3.37. The zero-order valence-corrected chi connectivity index (χ0v) is 17.0. The molecule has 1 heterocycles. The number of aromatic nitrogens is 1. The molecule has 0 radical (unpaired) electrons. The molecule has 0 spiro atoms. The molecule has 30 heavy (non-hydrogen) atoms. The monoisotopic (exact) mass is 410 g/mol. The number of fused-ring (bicyclic) bond motifs is 1. The number of nitriles is 1. The van der Waals surface area contributed by atoms with Crippen LogP contribution in [0.3, 0.4) is 0 Å². The van der Waals surface area contributed by atoms with Crippen LogP contribution < -0.4 is 4.74 Å². The summed E-state index contributed by atoms with van der Waals surface area (Å²) in [5.74, 6) is 0.780. The first-order valence-electron chi connectivity index (χ1n) is 9.64. The molecule has 0 saturated carbocycles. The van der Waals surface area contributed by atoms with Gasteiger partial charge in [0.1, 0.15) is 12.4 Å². The van der Waals surface area contributed by atoms with Crippen molar-refractivity contribution in [1.82, 2.24) is 4.98 Å². The van der Waals surface area contributed by atoms with Crippen LogP contribution in [0.5, 0.6) is 5.75 Å². The lowest BCUT2D eigenvalue weighted by Crippen LogP contribution is -1.98. The highest BCUT2D eigenvalue weighted by Crippen LogP contribution is 2.20. The standard InChI is InChI=1S/C26H19ClN2O/c27-23-13-11-21-12-14-24(29-26(21)16-23)18-30-25-10-4-6-19(15-25)5-3-9-20-7-1-2-8-22(20)17-28/h1-8,10-16H,9,18H2. The van der Waals surface area contributed by atoms with Gasteiger partial charge in [0.15, 0.2) is 0 Å². The van der Waals surface area contributed by atoms with Crippen molar-refractivity contribution >= 4 is 28.6 Å². The SMILES string of the molecule is N#Cc1ccccc1CC=Cc1cccc(OCc2ccc3ccc(Cl)cc3n2)c1. The van der Waals surface area contributed by atoms with E-state index in [1.807, 2.05) is 84.9 Å². The summed E-state index contributed by atoms with van der Waals surface area (Å²) in [7, 11) is 0. The Morgan fingerprint density at radius 1 is 0.967 bits per heavy atom. The molecule has 1 aromatic heterocycles. The van der Waals surface area contributed by atoms with Crippen molar-refractivity contribution < 1.29 is 4.74 Å². The Hall–Kier alpha value is -3.61. The Kier molecular flexibility index (Phi) is 6.08. The summed E-state index contributed by atoms with van der Waals surface area (Å²) >= 11 is 6.07. The minimum absolute atomic E-state index is 0.380. The second-order valence-electron chi connectivity index (χ2n) is 6.88. The number of allylic oxidation sites excluding steroid dienone is 1. The highest BCUT2D eigenvalue weighted by atomic mass is 35.5. The van der Waals surface area contributed by atoms with Crippen LogP contribution in [0.15, 0.2) is 84.9 Å². The van der Waals surface area contributed by atoms with Crippen LogP contribution in [0.4, 0.5) is 0 Å². The molecule has 3 aromatic carbocycles. The molecule has 0 aliphatic rings. The Balaban J connectivity index is 1.41. The quantitative estimate of drug-likeness (QED) is 0.360. The number of hydrogen-bond donors (Lipinski definition) is 0. The Morgan fingerprint density at radius 2 is 1.83 bits per heavy atom. The average molecular weight is 411 g/mol. The van der Waals surface area contributed by atoms with Crippen LogP contribution in [0, 0.1) is 11.3 Å². The third-order valence-corrected chi connectivity index (χ3v) is 4.98. The van der Waals surface area contributed by atoms with E-state index in [9.17, 15) is 5.26 Å². The summed E-state index contributed by atoms with van der Waals surface area (Å²) < 4.78 is 5.94. The molecular weight excluding hydrogens is 392 g/mol. The van der Waals surface area contributed by atoms with E-state index >= 15 is 0 Å². The second kappa shape index (κ2) is 9.26. The average Bonchev–Trinajstić information content (AvgIpc) is 2.78. The molecule has 0 atom stereocenters. The normalized spacial score (nSPS) is 10.9. The van der Waals surface area contributed by atoms with Gasteiger partial charge in [0.2, 0.25) is 0 Å². The summed E-state index contributed by atoms with van der Waals surface area (Å²) in [6.45, 7) is 0.380. The first kappa shape index (κ1) is 19.7. The lowest BCUT2D eigenvalue weighted by molar-refractivity contribution is 0.302. The number of ether oxygens (including phenoxy) is 1. The minimum Gasteiger partial charge on any atom is -0.487 e. The molecule has 0 fully saturated rings. The topological polar surface area (TPSA) is 45.9 Å². The van der Waals surface area contributed by atoms with Gasteiger partial charge in [0.05, 0.1) is 22.8 Å². The van der Waals surface area contributed by atoms with E-state index in [4.69, 9.17) is 16.3 Å². The van der Waals surface area contributed by atoms with E-state index in [-0.39, 0.29) is 0 Å². The van der Waals surface area contributed by atoms with Crippen molar-refractivity contribution in [2.75, 3.05) is 0 Å². The predicted molar refractivity (Wildman–Crippen MR) is 121 cm³/mol. The van der Waals surface area contributed by atoms with Crippen LogP contribution in [0.2, 0.25) is 5.02 Å². The number of benzene rings is 3. The van der Waals surface area contributed by atoms with E-state index < -0.39 is 0 Å². The third-order valence-electron chi connectivity index (χ3n) is 4.74. The van der Waals surface area contributed by atoms with Crippen molar-refractivity contribution in [2.45, 2.75) is 13.0 Å². The second-order valence-corrected chi connectivity index (χ2v) is 7.31. The largest absolute Gasteiger partial charge is 0.487 e. The van der Waals surface area contributed by atoms with Gasteiger partial charge in [-0.25, -0.2) is 4.98 Å². The molecule has 0 N–H and O–H groups in total. The summed E-state index contributed by atoms with van der Waals surface area (Å²) in [6, 6.07) is 27.5. The maximum absolute atomic E-state index is 9.19. The van der Waals surface area contributed by atoms with Crippen LogP contribution in [-0.2, 0) is 13.0 Å². The fraction of sp³-hybridized carbons (Fsp3) is 0.0769. The molecule has 4 aromatic rings. The number of hydrogen-bond acceptors (Lipinski definition) is 3. The molecule has 4 rings (SSSR count). The van der Waals surface area contributed by atoms with Crippen molar-refractivity contribution in [3.8, 4) is 11.8 Å². The highest BCUT2D eigenvalue weighted by Gasteiger charge is 2.02. The van der Waals surface area contributed by atoms with Crippen LogP contribution in [0.1, 0.15) is 22.4 Å². The number of nitrogens with zero attached hydrogens (tertiary/aromatic N) is 2. The van der Waals surface area contributed by atoms with Gasteiger partial charge in [0.25, 0.3) is 0 Å². The summed E-state index contributed by atoms with van der Waals surface area (Å²) in [4.78, 5) is 4.62. The molecule has 3 nitrogen and oxygen atoms in total.